The molecule has 0 aliphatic carbocycles. The van der Waals surface area contributed by atoms with Gasteiger partial charge in [-0.05, 0) is 17.9 Å². The van der Waals surface area contributed by atoms with Gasteiger partial charge in [0.2, 0.25) is 0 Å². The standard InChI is InChI=1S/C10H17N3/c1-10(2,3)6-4-9-12-7-5-8(11)13-9/h5,7H,4,6H2,1-3H3,(H2,11,12,13). The predicted octanol–water partition coefficient (Wildman–Crippen LogP) is 2.04. The third-order valence-corrected chi connectivity index (χ3v) is 1.83. The van der Waals surface area contributed by atoms with Gasteiger partial charge in [-0.2, -0.15) is 0 Å². The Kier molecular flexibility index (Phi) is 2.86. The Balaban J connectivity index is 2.55. The van der Waals surface area contributed by atoms with Crippen LogP contribution in [0.15, 0.2) is 12.3 Å². The SMILES string of the molecule is CC(C)(C)CCc1nccc(N)n1. The fourth-order valence-corrected chi connectivity index (χ4v) is 1.02. The zero-order valence-electron chi connectivity index (χ0n) is 8.54. The van der Waals surface area contributed by atoms with Crippen LogP contribution in [0.3, 0.4) is 0 Å². The highest BCUT2D eigenvalue weighted by atomic mass is 14.9. The zero-order chi connectivity index (χ0) is 9.90. The molecule has 3 nitrogen and oxygen atoms in total. The number of hydrogen-bond acceptors (Lipinski definition) is 3. The van der Waals surface area contributed by atoms with E-state index in [0.717, 1.165) is 18.7 Å². The molecule has 2 N–H and O–H groups in total. The average Bonchev–Trinajstić information content (AvgIpc) is 2.00. The van der Waals surface area contributed by atoms with Gasteiger partial charge in [0.05, 0.1) is 0 Å². The second kappa shape index (κ2) is 3.73. The van der Waals surface area contributed by atoms with Crippen molar-refractivity contribution in [3.05, 3.63) is 18.1 Å². The lowest BCUT2D eigenvalue weighted by Crippen LogP contribution is -2.08. The fourth-order valence-electron chi connectivity index (χ4n) is 1.02. The number of rotatable bonds is 2. The van der Waals surface area contributed by atoms with Crippen molar-refractivity contribution in [2.24, 2.45) is 5.41 Å². The van der Waals surface area contributed by atoms with Crippen molar-refractivity contribution in [3.8, 4) is 0 Å². The van der Waals surface area contributed by atoms with Crippen molar-refractivity contribution in [2.45, 2.75) is 33.6 Å². The Hall–Kier alpha value is -1.12. The molecular formula is C10H17N3. The van der Waals surface area contributed by atoms with Gasteiger partial charge >= 0.3 is 0 Å². The first-order valence-electron chi connectivity index (χ1n) is 4.55. The molecule has 13 heavy (non-hydrogen) atoms. The summed E-state index contributed by atoms with van der Waals surface area (Å²) >= 11 is 0. The van der Waals surface area contributed by atoms with Gasteiger partial charge in [0.1, 0.15) is 11.6 Å². The van der Waals surface area contributed by atoms with Gasteiger partial charge in [-0.3, -0.25) is 0 Å². The van der Waals surface area contributed by atoms with E-state index in [1.807, 2.05) is 0 Å². The minimum Gasteiger partial charge on any atom is -0.384 e. The van der Waals surface area contributed by atoms with E-state index in [1.54, 1.807) is 12.3 Å². The molecule has 3 heteroatoms. The van der Waals surface area contributed by atoms with Crippen molar-refractivity contribution in [1.29, 1.82) is 0 Å². The third kappa shape index (κ3) is 3.87. The quantitative estimate of drug-likeness (QED) is 0.755. The maximum atomic E-state index is 5.55. The fraction of sp³-hybridized carbons (Fsp3) is 0.600. The topological polar surface area (TPSA) is 51.8 Å². The molecule has 0 atom stereocenters. The highest BCUT2D eigenvalue weighted by molar-refractivity contribution is 5.24. The number of nitrogens with two attached hydrogens (primary N) is 1. The number of anilines is 1. The first-order valence-corrected chi connectivity index (χ1v) is 4.55. The summed E-state index contributed by atoms with van der Waals surface area (Å²) in [6.45, 7) is 6.62. The van der Waals surface area contributed by atoms with Crippen LogP contribution in [0.25, 0.3) is 0 Å². The molecule has 0 amide bonds. The Morgan fingerprint density at radius 2 is 2.08 bits per heavy atom. The highest BCUT2D eigenvalue weighted by Gasteiger charge is 2.10. The predicted molar refractivity (Wildman–Crippen MR) is 54.2 cm³/mol. The lowest BCUT2D eigenvalue weighted by atomic mass is 9.90. The number of nitrogen functional groups attached to an aromatic ring is 1. The van der Waals surface area contributed by atoms with Gasteiger partial charge in [-0.1, -0.05) is 20.8 Å². The molecule has 0 fully saturated rings. The van der Waals surface area contributed by atoms with E-state index in [9.17, 15) is 0 Å². The summed E-state index contributed by atoms with van der Waals surface area (Å²) in [6.07, 6.45) is 3.69. The van der Waals surface area contributed by atoms with E-state index in [0.29, 0.717) is 11.2 Å². The normalized spacial score (nSPS) is 11.6. The van der Waals surface area contributed by atoms with Crippen LogP contribution in [0.5, 0.6) is 0 Å². The lowest BCUT2D eigenvalue weighted by molar-refractivity contribution is 0.374. The van der Waals surface area contributed by atoms with E-state index >= 15 is 0 Å². The summed E-state index contributed by atoms with van der Waals surface area (Å²) in [7, 11) is 0. The van der Waals surface area contributed by atoms with E-state index in [-0.39, 0.29) is 0 Å². The monoisotopic (exact) mass is 179 g/mol. The van der Waals surface area contributed by atoms with Crippen LogP contribution < -0.4 is 5.73 Å². The van der Waals surface area contributed by atoms with Crippen LogP contribution in [-0.4, -0.2) is 9.97 Å². The molecule has 0 unspecified atom stereocenters. The van der Waals surface area contributed by atoms with Crippen molar-refractivity contribution >= 4 is 5.82 Å². The van der Waals surface area contributed by atoms with Gasteiger partial charge < -0.3 is 5.73 Å². The van der Waals surface area contributed by atoms with Crippen LogP contribution in [-0.2, 0) is 6.42 Å². The molecule has 0 saturated carbocycles. The van der Waals surface area contributed by atoms with Gasteiger partial charge in [-0.25, -0.2) is 9.97 Å². The molecule has 1 aromatic rings. The summed E-state index contributed by atoms with van der Waals surface area (Å²) < 4.78 is 0. The molecule has 0 bridgehead atoms. The second-order valence-electron chi connectivity index (χ2n) is 4.46. The van der Waals surface area contributed by atoms with Crippen LogP contribution in [0, 0.1) is 5.41 Å². The minimum absolute atomic E-state index is 0.327. The van der Waals surface area contributed by atoms with E-state index in [2.05, 4.69) is 30.7 Å². The first kappa shape index (κ1) is 9.96. The molecule has 0 aromatic carbocycles. The smallest absolute Gasteiger partial charge is 0.130 e. The maximum absolute atomic E-state index is 5.55. The molecule has 0 aliphatic rings. The van der Waals surface area contributed by atoms with Crippen molar-refractivity contribution in [2.75, 3.05) is 5.73 Å². The van der Waals surface area contributed by atoms with Crippen LogP contribution in [0.1, 0.15) is 33.0 Å². The minimum atomic E-state index is 0.327. The van der Waals surface area contributed by atoms with Crippen molar-refractivity contribution < 1.29 is 0 Å². The second-order valence-corrected chi connectivity index (χ2v) is 4.46. The van der Waals surface area contributed by atoms with Crippen LogP contribution >= 0.6 is 0 Å². The average molecular weight is 179 g/mol. The summed E-state index contributed by atoms with van der Waals surface area (Å²) in [5.41, 5.74) is 5.87. The molecule has 0 radical (unpaired) electrons. The van der Waals surface area contributed by atoms with Gasteiger partial charge in [0.15, 0.2) is 0 Å². The lowest BCUT2D eigenvalue weighted by Gasteiger charge is -2.16. The molecule has 0 aliphatic heterocycles. The summed E-state index contributed by atoms with van der Waals surface area (Å²) in [6, 6.07) is 1.71. The van der Waals surface area contributed by atoms with E-state index in [1.165, 1.54) is 0 Å². The molecule has 0 saturated heterocycles. The summed E-state index contributed by atoms with van der Waals surface area (Å²) in [5.74, 6) is 1.40. The highest BCUT2D eigenvalue weighted by Crippen LogP contribution is 2.20. The van der Waals surface area contributed by atoms with Crippen LogP contribution in [0.2, 0.25) is 0 Å². The summed E-state index contributed by atoms with van der Waals surface area (Å²) in [4.78, 5) is 8.29. The Labute approximate surface area is 79.4 Å². The van der Waals surface area contributed by atoms with Crippen molar-refractivity contribution in [3.63, 3.8) is 0 Å². The van der Waals surface area contributed by atoms with E-state index < -0.39 is 0 Å². The molecule has 1 aromatic heterocycles. The largest absolute Gasteiger partial charge is 0.384 e. The third-order valence-electron chi connectivity index (χ3n) is 1.83. The number of aromatic nitrogens is 2. The molecule has 1 rings (SSSR count). The van der Waals surface area contributed by atoms with Crippen LogP contribution in [0.4, 0.5) is 5.82 Å². The maximum Gasteiger partial charge on any atom is 0.130 e. The summed E-state index contributed by atoms with van der Waals surface area (Å²) in [5, 5.41) is 0. The first-order chi connectivity index (χ1) is 5.97. The van der Waals surface area contributed by atoms with Gasteiger partial charge in [0, 0.05) is 12.6 Å². The number of aryl methyl sites for hydroxylation is 1. The molecule has 1 heterocycles. The Bertz CT molecular complexity index is 276. The zero-order valence-corrected chi connectivity index (χ0v) is 8.54. The number of nitrogens with zero attached hydrogens (tertiary/aromatic N) is 2. The Morgan fingerprint density at radius 1 is 1.38 bits per heavy atom. The van der Waals surface area contributed by atoms with Crippen molar-refractivity contribution in [1.82, 2.24) is 9.97 Å². The molecular weight excluding hydrogens is 162 g/mol. The van der Waals surface area contributed by atoms with Gasteiger partial charge in [-0.15, -0.1) is 0 Å². The molecule has 0 spiro atoms. The number of hydrogen-bond donors (Lipinski definition) is 1. The molecule has 72 valence electrons. The van der Waals surface area contributed by atoms with E-state index in [4.69, 9.17) is 5.73 Å². The van der Waals surface area contributed by atoms with Gasteiger partial charge in [0.25, 0.3) is 0 Å². The Morgan fingerprint density at radius 3 is 2.62 bits per heavy atom.